The van der Waals surface area contributed by atoms with Gasteiger partial charge in [-0.3, -0.25) is 9.29 Å². The molecule has 0 spiro atoms. The minimum Gasteiger partial charge on any atom is -0.303 e. The molecule has 0 amide bonds. The van der Waals surface area contributed by atoms with Crippen molar-refractivity contribution < 1.29 is 83.9 Å². The fraction of sp³-hybridized carbons (Fsp3) is 1.00. The van der Waals surface area contributed by atoms with Gasteiger partial charge in [-0.1, -0.05) is 0 Å². The lowest BCUT2D eigenvalue weighted by atomic mass is 10.1. The summed E-state index contributed by atoms with van der Waals surface area (Å²) in [6, 6.07) is 0. The van der Waals surface area contributed by atoms with Crippen molar-refractivity contribution in [3.05, 3.63) is 0 Å². The molecule has 0 saturated heterocycles. The molecule has 0 aliphatic heterocycles. The Morgan fingerprint density at radius 2 is 1.23 bits per heavy atom. The highest BCUT2D eigenvalue weighted by Gasteiger charge is 2.79. The van der Waals surface area contributed by atoms with E-state index in [1.54, 1.807) is 4.74 Å². The second-order valence-corrected chi connectivity index (χ2v) is 6.73. The molecular formula is C10H8F14O5S. The van der Waals surface area contributed by atoms with Crippen LogP contribution in [0.5, 0.6) is 0 Å². The van der Waals surface area contributed by atoms with Gasteiger partial charge in [0.25, 0.3) is 0 Å². The summed E-state index contributed by atoms with van der Waals surface area (Å²) in [5.74, 6) is -7.31. The Hall–Kier alpha value is -1.15. The molecule has 0 rings (SSSR count). The van der Waals surface area contributed by atoms with E-state index in [9.17, 15) is 69.9 Å². The lowest BCUT2D eigenvalue weighted by Crippen LogP contribution is -2.63. The van der Waals surface area contributed by atoms with Crippen LogP contribution in [0.1, 0.15) is 19.3 Å². The Kier molecular flexibility index (Phi) is 8.09. The number of halogens is 14. The van der Waals surface area contributed by atoms with E-state index in [0.717, 1.165) is 0 Å². The van der Waals surface area contributed by atoms with E-state index in [1.165, 1.54) is 0 Å². The molecule has 0 saturated carbocycles. The van der Waals surface area contributed by atoms with Crippen LogP contribution in [0.2, 0.25) is 0 Å². The number of hydrogen-bond donors (Lipinski definition) is 1. The summed E-state index contributed by atoms with van der Waals surface area (Å²) >= 11 is 0. The average molecular weight is 506 g/mol. The SMILES string of the molecule is O=S(=O)(O)C(F)(F)OC(F)(C(F)(F)F)C(F)(F)OC(CCCC(F)(F)F)C(F)(F)F. The second-order valence-electron chi connectivity index (χ2n) is 5.31. The molecule has 0 aromatic heterocycles. The standard InChI is InChI=1S/C10H8F14O5S/c11-5(12,13)3-1-2-4(6(14,15)16)28-9(21,22)7(17,8(18,19)20)29-10(23,24)30(25,26)27/h4H,1-3H2,(H,25,26,27). The zero-order valence-corrected chi connectivity index (χ0v) is 14.3. The Morgan fingerprint density at radius 3 is 1.53 bits per heavy atom. The summed E-state index contributed by atoms with van der Waals surface area (Å²) in [6.07, 6.45) is -36.0. The third-order valence-electron chi connectivity index (χ3n) is 2.88. The highest BCUT2D eigenvalue weighted by Crippen LogP contribution is 2.51. The van der Waals surface area contributed by atoms with Crippen LogP contribution >= 0.6 is 0 Å². The van der Waals surface area contributed by atoms with Crippen LogP contribution in [0.3, 0.4) is 0 Å². The van der Waals surface area contributed by atoms with E-state index in [1.807, 2.05) is 0 Å². The van der Waals surface area contributed by atoms with Gasteiger partial charge in [-0.05, 0) is 12.8 Å². The Balaban J connectivity index is 6.04. The maximum absolute atomic E-state index is 13.7. The molecule has 0 aliphatic carbocycles. The molecule has 182 valence electrons. The fourth-order valence-electron chi connectivity index (χ4n) is 1.53. The van der Waals surface area contributed by atoms with Crippen molar-refractivity contribution in [2.45, 2.75) is 61.3 Å². The first-order valence-corrected chi connectivity index (χ1v) is 8.20. The summed E-state index contributed by atoms with van der Waals surface area (Å²) in [5.41, 5.74) is -6.77. The third kappa shape index (κ3) is 7.22. The van der Waals surface area contributed by atoms with Gasteiger partial charge in [0, 0.05) is 6.42 Å². The van der Waals surface area contributed by atoms with Gasteiger partial charge < -0.3 is 4.74 Å². The predicted molar refractivity (Wildman–Crippen MR) is 63.3 cm³/mol. The molecule has 2 atom stereocenters. The first-order valence-electron chi connectivity index (χ1n) is 6.76. The molecule has 0 radical (unpaired) electrons. The van der Waals surface area contributed by atoms with Gasteiger partial charge >= 0.3 is 46.1 Å². The monoisotopic (exact) mass is 506 g/mol. The molecule has 1 N–H and O–H groups in total. The highest BCUT2D eigenvalue weighted by atomic mass is 32.2. The molecule has 30 heavy (non-hydrogen) atoms. The summed E-state index contributed by atoms with van der Waals surface area (Å²) in [7, 11) is -7.18. The molecular weight excluding hydrogens is 498 g/mol. The molecule has 0 fully saturated rings. The summed E-state index contributed by atoms with van der Waals surface area (Å²) < 4.78 is 210. The van der Waals surface area contributed by atoms with Gasteiger partial charge in [0.2, 0.25) is 0 Å². The molecule has 0 bridgehead atoms. The normalized spacial score (nSPS) is 18.2. The van der Waals surface area contributed by atoms with Crippen molar-refractivity contribution in [3.63, 3.8) is 0 Å². The summed E-state index contributed by atoms with van der Waals surface area (Å²) in [4.78, 5) is 0. The van der Waals surface area contributed by atoms with Crippen molar-refractivity contribution in [1.82, 2.24) is 0 Å². The van der Waals surface area contributed by atoms with Crippen LogP contribution in [0, 0.1) is 0 Å². The minimum absolute atomic E-state index is 1.68. The van der Waals surface area contributed by atoms with Crippen molar-refractivity contribution in [2.75, 3.05) is 0 Å². The van der Waals surface area contributed by atoms with Crippen LogP contribution in [-0.4, -0.2) is 55.0 Å². The first kappa shape index (κ1) is 28.8. The lowest BCUT2D eigenvalue weighted by molar-refractivity contribution is -0.499. The number of hydrogen-bond acceptors (Lipinski definition) is 4. The molecule has 20 heteroatoms. The largest absolute Gasteiger partial charge is 0.491 e. The number of rotatable bonds is 9. The van der Waals surface area contributed by atoms with Crippen molar-refractivity contribution >= 4 is 10.1 Å². The second kappa shape index (κ2) is 8.41. The summed E-state index contributed by atoms with van der Waals surface area (Å²) in [5, 5.41) is 0. The van der Waals surface area contributed by atoms with E-state index in [0.29, 0.717) is 0 Å². The molecule has 0 aliphatic rings. The topological polar surface area (TPSA) is 72.8 Å². The van der Waals surface area contributed by atoms with Gasteiger partial charge in [-0.2, -0.15) is 69.9 Å². The molecule has 0 aromatic rings. The van der Waals surface area contributed by atoms with Crippen LogP contribution in [0.15, 0.2) is 0 Å². The van der Waals surface area contributed by atoms with E-state index >= 15 is 0 Å². The fourth-order valence-corrected chi connectivity index (χ4v) is 1.75. The van der Waals surface area contributed by atoms with Gasteiger partial charge in [0.05, 0.1) is 0 Å². The Morgan fingerprint density at radius 1 is 0.800 bits per heavy atom. The average Bonchev–Trinajstić information content (AvgIpc) is 2.40. The highest BCUT2D eigenvalue weighted by molar-refractivity contribution is 7.86. The van der Waals surface area contributed by atoms with Crippen LogP contribution in [0.25, 0.3) is 0 Å². The van der Waals surface area contributed by atoms with E-state index in [2.05, 4.69) is 4.74 Å². The van der Waals surface area contributed by atoms with Crippen LogP contribution in [0.4, 0.5) is 61.5 Å². The number of ether oxygens (including phenoxy) is 2. The molecule has 0 aromatic carbocycles. The maximum atomic E-state index is 13.7. The number of alkyl halides is 14. The van der Waals surface area contributed by atoms with E-state index < -0.39 is 71.4 Å². The molecule has 0 heterocycles. The van der Waals surface area contributed by atoms with Crippen molar-refractivity contribution in [3.8, 4) is 0 Å². The van der Waals surface area contributed by atoms with Crippen LogP contribution in [-0.2, 0) is 19.6 Å². The zero-order valence-electron chi connectivity index (χ0n) is 13.5. The van der Waals surface area contributed by atoms with Crippen LogP contribution < -0.4 is 0 Å². The van der Waals surface area contributed by atoms with Gasteiger partial charge in [-0.25, -0.2) is 0 Å². The van der Waals surface area contributed by atoms with E-state index in [-0.39, 0.29) is 0 Å². The van der Waals surface area contributed by atoms with E-state index in [4.69, 9.17) is 4.55 Å². The predicted octanol–water partition coefficient (Wildman–Crippen LogP) is 4.94. The quantitative estimate of drug-likeness (QED) is 0.355. The van der Waals surface area contributed by atoms with Gasteiger partial charge in [-0.15, -0.1) is 0 Å². The van der Waals surface area contributed by atoms with Crippen molar-refractivity contribution in [1.29, 1.82) is 0 Å². The van der Waals surface area contributed by atoms with Crippen molar-refractivity contribution in [2.24, 2.45) is 0 Å². The lowest BCUT2D eigenvalue weighted by Gasteiger charge is -2.37. The zero-order chi connectivity index (χ0) is 24.6. The molecule has 2 unspecified atom stereocenters. The summed E-state index contributed by atoms with van der Waals surface area (Å²) in [6.45, 7) is 0. The van der Waals surface area contributed by atoms with Gasteiger partial charge in [0.1, 0.15) is 0 Å². The van der Waals surface area contributed by atoms with Gasteiger partial charge in [0.15, 0.2) is 6.10 Å². The first-order chi connectivity index (χ1) is 12.8. The smallest absolute Gasteiger partial charge is 0.303 e. The third-order valence-corrected chi connectivity index (χ3v) is 3.56. The Bertz CT molecular complexity index is 681. The Labute approximate surface area is 156 Å². The maximum Gasteiger partial charge on any atom is 0.491 e. The minimum atomic E-state index is -7.41. The molecule has 5 nitrogen and oxygen atoms in total.